The molecule has 0 aliphatic rings. The van der Waals surface area contributed by atoms with Crippen molar-refractivity contribution in [1.82, 2.24) is 4.98 Å². The van der Waals surface area contributed by atoms with Gasteiger partial charge in [-0.3, -0.25) is 4.98 Å². The number of rotatable bonds is 3. The normalized spacial score (nSPS) is 11.3. The van der Waals surface area contributed by atoms with E-state index in [0.717, 1.165) is 6.42 Å². The molecule has 2 N–H and O–H groups in total. The Labute approximate surface area is 80.7 Å². The van der Waals surface area contributed by atoms with Crippen LogP contribution in [0.25, 0.3) is 0 Å². The van der Waals surface area contributed by atoms with Gasteiger partial charge in [0.05, 0.1) is 11.2 Å². The molecule has 7 nitrogen and oxygen atoms in total. The molecule has 0 aliphatic heterocycles. The number of aliphatic hydroxyl groups excluding tert-OH is 1. The largest absolute Gasteiger partial charge is 0.389 e. The quantitative estimate of drug-likeness (QED) is 0.404. The van der Waals surface area contributed by atoms with Crippen molar-refractivity contribution in [1.29, 1.82) is 0 Å². The van der Waals surface area contributed by atoms with E-state index < -0.39 is 5.09 Å². The maximum atomic E-state index is 9.20. The average Bonchev–Trinajstić information content (AvgIpc) is 2.55. The molecule has 1 rings (SSSR count). The maximum Gasteiger partial charge on any atom is 0.241 e. The molecule has 80 valence electrons. The number of aliphatic hydroxyl groups is 1. The average molecular weight is 203 g/mol. The van der Waals surface area contributed by atoms with E-state index in [1.807, 2.05) is 30.2 Å². The zero-order valence-corrected chi connectivity index (χ0v) is 7.79. The second-order valence-electron chi connectivity index (χ2n) is 2.59. The highest BCUT2D eigenvalue weighted by Gasteiger charge is 2.04. The Hall–Kier alpha value is -1.63. The van der Waals surface area contributed by atoms with Crippen molar-refractivity contribution < 1.29 is 14.8 Å². The molecular formula is C7H13N3O4. The summed E-state index contributed by atoms with van der Waals surface area (Å²) in [5.74, 6) is 0. The van der Waals surface area contributed by atoms with Gasteiger partial charge in [0.2, 0.25) is 6.33 Å². The van der Waals surface area contributed by atoms with E-state index in [-0.39, 0.29) is 6.10 Å². The van der Waals surface area contributed by atoms with E-state index in [1.54, 1.807) is 0 Å². The molecule has 1 heterocycles. The van der Waals surface area contributed by atoms with Gasteiger partial charge in [-0.05, 0) is 6.42 Å². The van der Waals surface area contributed by atoms with Crippen LogP contribution in [0.1, 0.15) is 13.3 Å². The molecule has 0 saturated carbocycles. The smallest absolute Gasteiger partial charge is 0.241 e. The standard InChI is InChI=1S/C7H12N2O.NO3/c1-2-7(10)5-9-4-3-8-6-9;2-1(3)4/h3-4,6-7,10H,2,5H2,1H3;/q;-1/p+1. The van der Waals surface area contributed by atoms with Crippen LogP contribution >= 0.6 is 0 Å². The van der Waals surface area contributed by atoms with Gasteiger partial charge in [-0.1, -0.05) is 6.92 Å². The van der Waals surface area contributed by atoms with Crippen molar-refractivity contribution in [3.8, 4) is 0 Å². The van der Waals surface area contributed by atoms with Gasteiger partial charge in [0.25, 0.3) is 0 Å². The van der Waals surface area contributed by atoms with Gasteiger partial charge >= 0.3 is 0 Å². The first-order chi connectivity index (χ1) is 6.56. The molecule has 14 heavy (non-hydrogen) atoms. The molecule has 0 saturated heterocycles. The third-order valence-corrected chi connectivity index (χ3v) is 1.50. The summed E-state index contributed by atoms with van der Waals surface area (Å²) in [5.41, 5.74) is 0. The number of nitrogens with one attached hydrogen (secondary N) is 1. The Morgan fingerprint density at radius 3 is 2.57 bits per heavy atom. The number of imidazole rings is 1. The van der Waals surface area contributed by atoms with Crippen LogP contribution in [0.15, 0.2) is 18.7 Å². The number of hydrogen-bond acceptors (Lipinski definition) is 4. The monoisotopic (exact) mass is 203 g/mol. The summed E-state index contributed by atoms with van der Waals surface area (Å²) in [5, 5.41) is 23.9. The van der Waals surface area contributed by atoms with Crippen molar-refractivity contribution in [2.45, 2.75) is 26.0 Å². The number of hydrogen-bond donors (Lipinski definition) is 2. The van der Waals surface area contributed by atoms with E-state index in [2.05, 4.69) is 4.98 Å². The minimum absolute atomic E-state index is 0.221. The molecule has 1 aromatic heterocycles. The lowest BCUT2D eigenvalue weighted by atomic mass is 10.3. The van der Waals surface area contributed by atoms with E-state index in [4.69, 9.17) is 15.3 Å². The van der Waals surface area contributed by atoms with E-state index >= 15 is 0 Å². The van der Waals surface area contributed by atoms with Crippen LogP contribution in [0.2, 0.25) is 0 Å². The molecule has 7 heteroatoms. The fraction of sp³-hybridized carbons (Fsp3) is 0.571. The summed E-state index contributed by atoms with van der Waals surface area (Å²) < 4.78 is 1.92. The molecule has 0 amide bonds. The first kappa shape index (κ1) is 12.4. The molecule has 0 bridgehead atoms. The van der Waals surface area contributed by atoms with E-state index in [0.29, 0.717) is 6.54 Å². The van der Waals surface area contributed by atoms with Gasteiger partial charge in [0, 0.05) is 0 Å². The Morgan fingerprint density at radius 2 is 2.21 bits per heavy atom. The summed E-state index contributed by atoms with van der Waals surface area (Å²) in [6, 6.07) is 0. The second kappa shape index (κ2) is 6.84. The summed E-state index contributed by atoms with van der Waals surface area (Å²) in [6.07, 6.45) is 6.15. The van der Waals surface area contributed by atoms with Crippen molar-refractivity contribution in [2.75, 3.05) is 0 Å². The fourth-order valence-electron chi connectivity index (χ4n) is 0.807. The second-order valence-corrected chi connectivity index (χ2v) is 2.59. The Bertz CT molecular complexity index is 245. The highest BCUT2D eigenvalue weighted by Crippen LogP contribution is 1.87. The molecule has 1 aromatic rings. The molecule has 0 aromatic carbocycles. The summed E-state index contributed by atoms with van der Waals surface area (Å²) in [6.45, 7) is 2.65. The van der Waals surface area contributed by atoms with Gasteiger partial charge in [-0.15, -0.1) is 0 Å². The Kier molecular flexibility index (Phi) is 6.04. The highest BCUT2D eigenvalue weighted by atomic mass is 16.9. The number of aromatic nitrogens is 2. The van der Waals surface area contributed by atoms with Crippen LogP contribution < -0.4 is 4.57 Å². The Balaban J connectivity index is 0.000000364. The van der Waals surface area contributed by atoms with Gasteiger partial charge < -0.3 is 20.4 Å². The number of H-pyrrole nitrogens is 1. The highest BCUT2D eigenvalue weighted by molar-refractivity contribution is 4.56. The predicted octanol–water partition coefficient (Wildman–Crippen LogP) is -0.166. The van der Waals surface area contributed by atoms with Gasteiger partial charge in [-0.25, -0.2) is 4.57 Å². The maximum absolute atomic E-state index is 9.20. The minimum Gasteiger partial charge on any atom is -0.389 e. The van der Waals surface area contributed by atoms with Gasteiger partial charge in [0.1, 0.15) is 18.9 Å². The number of aromatic amines is 1. The molecule has 1 atom stereocenters. The lowest BCUT2D eigenvalue weighted by Crippen LogP contribution is -2.37. The van der Waals surface area contributed by atoms with E-state index in [9.17, 15) is 5.11 Å². The van der Waals surface area contributed by atoms with Crippen molar-refractivity contribution in [3.05, 3.63) is 34.0 Å². The molecule has 0 radical (unpaired) electrons. The fourth-order valence-corrected chi connectivity index (χ4v) is 0.807. The van der Waals surface area contributed by atoms with Crippen LogP contribution in [0.4, 0.5) is 0 Å². The molecule has 1 unspecified atom stereocenters. The van der Waals surface area contributed by atoms with Gasteiger partial charge in [0.15, 0.2) is 0 Å². The SMILES string of the molecule is CCC(O)C[n+]1cc[nH]c1.O=[N+]([O-])[O-]. The van der Waals surface area contributed by atoms with Crippen LogP contribution in [-0.2, 0) is 6.54 Å². The van der Waals surface area contributed by atoms with Crippen molar-refractivity contribution in [3.63, 3.8) is 0 Å². The topological polar surface area (TPSA) is 106 Å². The number of nitrogens with zero attached hydrogens (tertiary/aromatic N) is 2. The molecular weight excluding hydrogens is 190 g/mol. The predicted molar refractivity (Wildman–Crippen MR) is 47.6 cm³/mol. The van der Waals surface area contributed by atoms with Crippen LogP contribution in [-0.4, -0.2) is 21.3 Å². The van der Waals surface area contributed by atoms with Crippen LogP contribution in [0.3, 0.4) is 0 Å². The van der Waals surface area contributed by atoms with Crippen molar-refractivity contribution >= 4 is 0 Å². The van der Waals surface area contributed by atoms with Crippen LogP contribution in [0.5, 0.6) is 0 Å². The summed E-state index contributed by atoms with van der Waals surface area (Å²) in [4.78, 5) is 11.2. The summed E-state index contributed by atoms with van der Waals surface area (Å²) >= 11 is 0. The molecule has 0 fully saturated rings. The van der Waals surface area contributed by atoms with Crippen molar-refractivity contribution in [2.24, 2.45) is 0 Å². The molecule has 0 aliphatic carbocycles. The zero-order chi connectivity index (χ0) is 11.0. The third kappa shape index (κ3) is 7.04. The van der Waals surface area contributed by atoms with Gasteiger partial charge in [-0.2, -0.15) is 0 Å². The first-order valence-corrected chi connectivity index (χ1v) is 4.07. The lowest BCUT2D eigenvalue weighted by Gasteiger charge is -2.02. The lowest BCUT2D eigenvalue weighted by molar-refractivity contribution is -0.702. The van der Waals surface area contributed by atoms with Crippen LogP contribution in [0, 0.1) is 15.3 Å². The minimum atomic E-state index is -1.75. The first-order valence-electron chi connectivity index (χ1n) is 4.07. The third-order valence-electron chi connectivity index (χ3n) is 1.50. The zero-order valence-electron chi connectivity index (χ0n) is 7.79. The summed E-state index contributed by atoms with van der Waals surface area (Å²) in [7, 11) is 0. The van der Waals surface area contributed by atoms with E-state index in [1.165, 1.54) is 0 Å². The Morgan fingerprint density at radius 1 is 1.64 bits per heavy atom. The molecule has 0 spiro atoms.